The lowest BCUT2D eigenvalue weighted by Gasteiger charge is -2.23. The summed E-state index contributed by atoms with van der Waals surface area (Å²) < 4.78 is 0. The van der Waals surface area contributed by atoms with Gasteiger partial charge in [0.25, 0.3) is 0 Å². The molecule has 0 unspecified atom stereocenters. The molecule has 1 aliphatic rings. The Balaban J connectivity index is 2.02. The fourth-order valence-electron chi connectivity index (χ4n) is 2.85. The summed E-state index contributed by atoms with van der Waals surface area (Å²) in [6.45, 7) is 2.28. The monoisotopic (exact) mass is 255 g/mol. The van der Waals surface area contributed by atoms with Crippen LogP contribution in [0.4, 0.5) is 11.5 Å². The van der Waals surface area contributed by atoms with Crippen molar-refractivity contribution in [3.05, 3.63) is 30.5 Å². The van der Waals surface area contributed by atoms with Crippen molar-refractivity contribution in [2.45, 2.75) is 25.7 Å². The molecule has 2 aromatic rings. The Hall–Kier alpha value is -1.77. The molecular formula is C16H21N3. The van der Waals surface area contributed by atoms with E-state index < -0.39 is 0 Å². The molecule has 0 atom stereocenters. The van der Waals surface area contributed by atoms with Gasteiger partial charge in [0.1, 0.15) is 5.82 Å². The smallest absolute Gasteiger partial charge is 0.136 e. The predicted octanol–water partition coefficient (Wildman–Crippen LogP) is 3.66. The first-order valence-corrected chi connectivity index (χ1v) is 7.20. The van der Waals surface area contributed by atoms with Crippen LogP contribution >= 0.6 is 0 Å². The molecular weight excluding hydrogens is 234 g/mol. The lowest BCUT2D eigenvalue weighted by atomic mass is 10.1. The van der Waals surface area contributed by atoms with Crippen LogP contribution < -0.4 is 10.2 Å². The van der Waals surface area contributed by atoms with Crippen molar-refractivity contribution < 1.29 is 0 Å². The maximum atomic E-state index is 4.63. The van der Waals surface area contributed by atoms with Gasteiger partial charge in [-0.2, -0.15) is 0 Å². The van der Waals surface area contributed by atoms with Gasteiger partial charge < -0.3 is 10.2 Å². The van der Waals surface area contributed by atoms with E-state index in [2.05, 4.69) is 39.5 Å². The van der Waals surface area contributed by atoms with Crippen LogP contribution in [0.15, 0.2) is 30.5 Å². The third-order valence-electron chi connectivity index (χ3n) is 3.94. The number of nitrogens with zero attached hydrogens (tertiary/aromatic N) is 2. The van der Waals surface area contributed by atoms with Crippen LogP contribution in [0.1, 0.15) is 25.7 Å². The molecule has 2 heterocycles. The first kappa shape index (κ1) is 12.3. The first-order valence-electron chi connectivity index (χ1n) is 7.20. The van der Waals surface area contributed by atoms with Crippen LogP contribution in [0.25, 0.3) is 10.8 Å². The molecule has 0 saturated carbocycles. The number of hydrogen-bond donors (Lipinski definition) is 1. The van der Waals surface area contributed by atoms with Crippen molar-refractivity contribution in [2.24, 2.45) is 0 Å². The third-order valence-corrected chi connectivity index (χ3v) is 3.94. The number of benzene rings is 1. The Kier molecular flexibility index (Phi) is 3.53. The second-order valence-electron chi connectivity index (χ2n) is 5.22. The van der Waals surface area contributed by atoms with Gasteiger partial charge in [-0.25, -0.2) is 4.98 Å². The van der Waals surface area contributed by atoms with Gasteiger partial charge in [-0.05, 0) is 42.5 Å². The minimum absolute atomic E-state index is 1.14. The van der Waals surface area contributed by atoms with E-state index in [9.17, 15) is 0 Å². The van der Waals surface area contributed by atoms with Crippen molar-refractivity contribution in [3.8, 4) is 0 Å². The van der Waals surface area contributed by atoms with Crippen LogP contribution in [0.2, 0.25) is 0 Å². The molecule has 100 valence electrons. The van der Waals surface area contributed by atoms with Crippen LogP contribution in [0, 0.1) is 0 Å². The number of fused-ring (bicyclic) bond motifs is 1. The average Bonchev–Trinajstić information content (AvgIpc) is 2.75. The van der Waals surface area contributed by atoms with Crippen molar-refractivity contribution in [1.82, 2.24) is 4.98 Å². The lowest BCUT2D eigenvalue weighted by Crippen LogP contribution is -2.25. The van der Waals surface area contributed by atoms with Crippen molar-refractivity contribution in [3.63, 3.8) is 0 Å². The van der Waals surface area contributed by atoms with E-state index in [1.54, 1.807) is 0 Å². The molecule has 1 saturated heterocycles. The molecule has 0 spiro atoms. The molecule has 1 aromatic carbocycles. The van der Waals surface area contributed by atoms with Gasteiger partial charge in [0.2, 0.25) is 0 Å². The van der Waals surface area contributed by atoms with Gasteiger partial charge >= 0.3 is 0 Å². The summed E-state index contributed by atoms with van der Waals surface area (Å²) in [6.07, 6.45) is 7.21. The largest absolute Gasteiger partial charge is 0.388 e. The summed E-state index contributed by atoms with van der Waals surface area (Å²) in [6, 6.07) is 8.61. The van der Waals surface area contributed by atoms with E-state index in [-0.39, 0.29) is 0 Å². The Morgan fingerprint density at radius 2 is 1.84 bits per heavy atom. The van der Waals surface area contributed by atoms with Crippen molar-refractivity contribution in [2.75, 3.05) is 30.4 Å². The first-order chi connectivity index (χ1) is 9.38. The SMILES string of the molecule is CNc1ccc2c(N3CCCCCC3)nccc2c1. The van der Waals surface area contributed by atoms with E-state index in [0.29, 0.717) is 0 Å². The zero-order valence-electron chi connectivity index (χ0n) is 11.5. The summed E-state index contributed by atoms with van der Waals surface area (Å²) in [5.41, 5.74) is 1.15. The summed E-state index contributed by atoms with van der Waals surface area (Å²) >= 11 is 0. The van der Waals surface area contributed by atoms with Gasteiger partial charge in [0.15, 0.2) is 0 Å². The van der Waals surface area contributed by atoms with Gasteiger partial charge in [0, 0.05) is 37.4 Å². The molecule has 19 heavy (non-hydrogen) atoms. The van der Waals surface area contributed by atoms with Crippen LogP contribution in [0.3, 0.4) is 0 Å². The topological polar surface area (TPSA) is 28.2 Å². The van der Waals surface area contributed by atoms with Crippen LogP contribution in [-0.4, -0.2) is 25.1 Å². The molecule has 0 bridgehead atoms. The molecule has 1 aromatic heterocycles. The van der Waals surface area contributed by atoms with Crippen LogP contribution in [0.5, 0.6) is 0 Å². The van der Waals surface area contributed by atoms with Gasteiger partial charge in [-0.1, -0.05) is 12.8 Å². The minimum atomic E-state index is 1.14. The van der Waals surface area contributed by atoms with E-state index in [1.807, 2.05) is 13.2 Å². The van der Waals surface area contributed by atoms with E-state index in [0.717, 1.165) is 24.6 Å². The van der Waals surface area contributed by atoms with Crippen LogP contribution in [-0.2, 0) is 0 Å². The van der Waals surface area contributed by atoms with Crippen molar-refractivity contribution in [1.29, 1.82) is 0 Å². The summed E-state index contributed by atoms with van der Waals surface area (Å²) in [4.78, 5) is 7.09. The zero-order chi connectivity index (χ0) is 13.1. The summed E-state index contributed by atoms with van der Waals surface area (Å²) in [5, 5.41) is 5.73. The lowest BCUT2D eigenvalue weighted by molar-refractivity contribution is 0.726. The average molecular weight is 255 g/mol. The highest BCUT2D eigenvalue weighted by Crippen LogP contribution is 2.28. The molecule has 3 nitrogen and oxygen atoms in total. The van der Waals surface area contributed by atoms with Gasteiger partial charge in [-0.3, -0.25) is 0 Å². The van der Waals surface area contributed by atoms with Crippen molar-refractivity contribution >= 4 is 22.3 Å². The molecule has 3 rings (SSSR count). The molecule has 0 aliphatic carbocycles. The number of hydrogen-bond acceptors (Lipinski definition) is 3. The molecule has 0 amide bonds. The minimum Gasteiger partial charge on any atom is -0.388 e. The number of nitrogens with one attached hydrogen (secondary N) is 1. The Bertz CT molecular complexity index is 557. The number of pyridine rings is 1. The third kappa shape index (κ3) is 2.50. The molecule has 1 N–H and O–H groups in total. The normalized spacial score (nSPS) is 16.4. The van der Waals surface area contributed by atoms with Gasteiger partial charge in [0.05, 0.1) is 0 Å². The number of anilines is 2. The van der Waals surface area contributed by atoms with Gasteiger partial charge in [-0.15, -0.1) is 0 Å². The zero-order valence-corrected chi connectivity index (χ0v) is 11.5. The fourth-order valence-corrected chi connectivity index (χ4v) is 2.85. The second-order valence-corrected chi connectivity index (χ2v) is 5.22. The molecule has 0 radical (unpaired) electrons. The second kappa shape index (κ2) is 5.47. The quantitative estimate of drug-likeness (QED) is 0.887. The maximum absolute atomic E-state index is 4.63. The summed E-state index contributed by atoms with van der Waals surface area (Å²) in [5.74, 6) is 1.15. The predicted molar refractivity (Wildman–Crippen MR) is 82.0 cm³/mol. The summed E-state index contributed by atoms with van der Waals surface area (Å²) in [7, 11) is 1.96. The highest BCUT2D eigenvalue weighted by molar-refractivity contribution is 5.94. The van der Waals surface area contributed by atoms with E-state index in [4.69, 9.17) is 0 Å². The standard InChI is InChI=1S/C16H21N3/c1-17-14-6-7-15-13(12-14)8-9-18-16(15)19-10-4-2-3-5-11-19/h6-9,12,17H,2-5,10-11H2,1H3. The maximum Gasteiger partial charge on any atom is 0.136 e. The van der Waals surface area contributed by atoms with E-state index in [1.165, 1.54) is 36.5 Å². The Labute approximate surface area is 114 Å². The molecule has 3 heteroatoms. The Morgan fingerprint density at radius 3 is 2.58 bits per heavy atom. The molecule has 1 fully saturated rings. The molecule has 1 aliphatic heterocycles. The Morgan fingerprint density at radius 1 is 1.05 bits per heavy atom. The number of aromatic nitrogens is 1. The highest BCUT2D eigenvalue weighted by atomic mass is 15.2. The highest BCUT2D eigenvalue weighted by Gasteiger charge is 2.13. The number of rotatable bonds is 2. The fraction of sp³-hybridized carbons (Fsp3) is 0.438. The van der Waals surface area contributed by atoms with E-state index >= 15 is 0 Å².